The van der Waals surface area contributed by atoms with Gasteiger partial charge in [0.1, 0.15) is 5.57 Å². The van der Waals surface area contributed by atoms with Crippen LogP contribution in [0.25, 0.3) is 0 Å². The number of benzene rings is 1. The molecule has 3 rings (SSSR count). The molecule has 134 valence electrons. The number of anilines is 1. The molecule has 1 fully saturated rings. The molecule has 0 aromatic heterocycles. The number of morpholine rings is 1. The lowest BCUT2D eigenvalue weighted by molar-refractivity contribution is -0.144. The molecule has 7 nitrogen and oxygen atoms in total. The number of nitrogens with one attached hydrogen (secondary N) is 1. The van der Waals surface area contributed by atoms with E-state index in [-0.39, 0.29) is 17.4 Å². The molecular formula is C17H21ClN4O3. The van der Waals surface area contributed by atoms with Gasteiger partial charge in [-0.2, -0.15) is 0 Å². The molecule has 0 radical (unpaired) electrons. The molecule has 0 bridgehead atoms. The van der Waals surface area contributed by atoms with Crippen LogP contribution in [0.1, 0.15) is 13.8 Å². The fourth-order valence-electron chi connectivity index (χ4n) is 2.67. The summed E-state index contributed by atoms with van der Waals surface area (Å²) in [6, 6.07) is 5.65. The average Bonchev–Trinajstić information content (AvgIpc) is 2.55. The summed E-state index contributed by atoms with van der Waals surface area (Å²) in [6.07, 6.45) is 1.44. The van der Waals surface area contributed by atoms with E-state index in [0.29, 0.717) is 23.9 Å². The number of aliphatic imine (C=N–C) groups is 1. The molecule has 2 heterocycles. The largest absolute Gasteiger partial charge is 0.437 e. The van der Waals surface area contributed by atoms with E-state index in [1.165, 1.54) is 6.21 Å². The molecule has 2 aliphatic rings. The molecule has 1 saturated heterocycles. The third kappa shape index (κ3) is 3.88. The summed E-state index contributed by atoms with van der Waals surface area (Å²) in [5.41, 5.74) is 7.67. The number of rotatable bonds is 3. The fourth-order valence-corrected chi connectivity index (χ4v) is 2.96. The maximum Gasteiger partial charge on any atom is 0.249 e. The summed E-state index contributed by atoms with van der Waals surface area (Å²) in [4.78, 5) is 6.54. The summed E-state index contributed by atoms with van der Waals surface area (Å²) in [5.74, 6) is -0.949. The standard InChI is InChI=1S/C17H21ClN4O3/c1-17(2)24-15(19)11(16(20)25-17)10-21-12-4-3-5-13(14(12)18)22-6-8-23-9-7-22/h3-5,10,19H,6-9,20H2,1-2H3. The normalized spacial score (nSPS) is 20.6. The first-order valence-electron chi connectivity index (χ1n) is 7.99. The van der Waals surface area contributed by atoms with Crippen molar-refractivity contribution < 1.29 is 14.2 Å². The Morgan fingerprint density at radius 2 is 2.00 bits per heavy atom. The van der Waals surface area contributed by atoms with Crippen molar-refractivity contribution >= 4 is 35.1 Å². The van der Waals surface area contributed by atoms with E-state index in [1.807, 2.05) is 12.1 Å². The van der Waals surface area contributed by atoms with Crippen LogP contribution in [0, 0.1) is 5.41 Å². The predicted octanol–water partition coefficient (Wildman–Crippen LogP) is 2.81. The molecular weight excluding hydrogens is 344 g/mol. The van der Waals surface area contributed by atoms with Gasteiger partial charge >= 0.3 is 0 Å². The number of hydrogen-bond acceptors (Lipinski definition) is 7. The Bertz CT molecular complexity index is 739. The van der Waals surface area contributed by atoms with Crippen LogP contribution in [-0.4, -0.2) is 44.2 Å². The minimum absolute atomic E-state index is 0.0852. The second-order valence-electron chi connectivity index (χ2n) is 6.18. The number of ether oxygens (including phenoxy) is 3. The molecule has 0 amide bonds. The van der Waals surface area contributed by atoms with Gasteiger partial charge in [-0.3, -0.25) is 10.4 Å². The van der Waals surface area contributed by atoms with E-state index in [2.05, 4.69) is 9.89 Å². The fraction of sp³-hybridized carbons (Fsp3) is 0.412. The topological polar surface area (TPSA) is 93.2 Å². The molecule has 1 aromatic rings. The SMILES string of the molecule is CC1(C)OC(=N)C(C=Nc2cccc(N3CCOCC3)c2Cl)=C(N)O1. The van der Waals surface area contributed by atoms with Gasteiger partial charge < -0.3 is 24.8 Å². The summed E-state index contributed by atoms with van der Waals surface area (Å²) in [6.45, 7) is 6.29. The Morgan fingerprint density at radius 3 is 2.68 bits per heavy atom. The molecule has 8 heteroatoms. The Labute approximate surface area is 151 Å². The lowest BCUT2D eigenvalue weighted by atomic mass is 10.2. The van der Waals surface area contributed by atoms with Crippen LogP contribution in [0.5, 0.6) is 0 Å². The first kappa shape index (κ1) is 17.6. The highest BCUT2D eigenvalue weighted by Crippen LogP contribution is 2.35. The van der Waals surface area contributed by atoms with Gasteiger partial charge in [0.05, 0.1) is 29.6 Å². The molecule has 0 atom stereocenters. The maximum atomic E-state index is 7.97. The van der Waals surface area contributed by atoms with Gasteiger partial charge in [-0.15, -0.1) is 0 Å². The monoisotopic (exact) mass is 364 g/mol. The van der Waals surface area contributed by atoms with Gasteiger partial charge in [0.15, 0.2) is 0 Å². The van der Waals surface area contributed by atoms with Gasteiger partial charge in [0.2, 0.25) is 17.6 Å². The number of halogens is 1. The first-order chi connectivity index (χ1) is 11.9. The number of nitrogens with zero attached hydrogens (tertiary/aromatic N) is 2. The summed E-state index contributed by atoms with van der Waals surface area (Å²) in [5, 5.41) is 8.51. The zero-order chi connectivity index (χ0) is 18.0. The summed E-state index contributed by atoms with van der Waals surface area (Å²) >= 11 is 6.52. The molecule has 0 saturated carbocycles. The zero-order valence-corrected chi connectivity index (χ0v) is 15.0. The Balaban J connectivity index is 1.85. The lowest BCUT2D eigenvalue weighted by Gasteiger charge is -2.32. The van der Waals surface area contributed by atoms with Crippen molar-refractivity contribution in [1.29, 1.82) is 5.41 Å². The smallest absolute Gasteiger partial charge is 0.249 e. The predicted molar refractivity (Wildman–Crippen MR) is 97.8 cm³/mol. The van der Waals surface area contributed by atoms with Crippen LogP contribution in [0.2, 0.25) is 5.02 Å². The maximum absolute atomic E-state index is 7.97. The highest BCUT2D eigenvalue weighted by atomic mass is 35.5. The van der Waals surface area contributed by atoms with Gasteiger partial charge in [0, 0.05) is 33.2 Å². The van der Waals surface area contributed by atoms with Crippen molar-refractivity contribution in [1.82, 2.24) is 0 Å². The highest BCUT2D eigenvalue weighted by Gasteiger charge is 2.32. The van der Waals surface area contributed by atoms with Crippen LogP contribution in [0.4, 0.5) is 11.4 Å². The minimum atomic E-state index is -0.966. The molecule has 25 heavy (non-hydrogen) atoms. The van der Waals surface area contributed by atoms with E-state index in [9.17, 15) is 0 Å². The summed E-state index contributed by atoms with van der Waals surface area (Å²) < 4.78 is 16.2. The third-order valence-electron chi connectivity index (χ3n) is 3.86. The quantitative estimate of drug-likeness (QED) is 0.804. The van der Waals surface area contributed by atoms with Crippen LogP contribution >= 0.6 is 11.6 Å². The van der Waals surface area contributed by atoms with Crippen molar-refractivity contribution in [2.45, 2.75) is 19.6 Å². The molecule has 0 unspecified atom stereocenters. The van der Waals surface area contributed by atoms with Crippen molar-refractivity contribution in [3.8, 4) is 0 Å². The van der Waals surface area contributed by atoms with E-state index < -0.39 is 5.79 Å². The first-order valence-corrected chi connectivity index (χ1v) is 8.37. The van der Waals surface area contributed by atoms with E-state index in [1.54, 1.807) is 19.9 Å². The van der Waals surface area contributed by atoms with Crippen LogP contribution in [0.15, 0.2) is 34.6 Å². The lowest BCUT2D eigenvalue weighted by Crippen LogP contribution is -2.39. The number of nitrogens with two attached hydrogens (primary N) is 1. The van der Waals surface area contributed by atoms with Crippen molar-refractivity contribution in [3.05, 3.63) is 34.7 Å². The minimum Gasteiger partial charge on any atom is -0.437 e. The molecule has 0 spiro atoms. The van der Waals surface area contributed by atoms with Crippen molar-refractivity contribution in [2.75, 3.05) is 31.2 Å². The molecule has 0 aliphatic carbocycles. The van der Waals surface area contributed by atoms with Gasteiger partial charge in [-0.05, 0) is 12.1 Å². The molecule has 2 aliphatic heterocycles. The van der Waals surface area contributed by atoms with Crippen LogP contribution < -0.4 is 10.6 Å². The third-order valence-corrected chi connectivity index (χ3v) is 4.24. The summed E-state index contributed by atoms with van der Waals surface area (Å²) in [7, 11) is 0. The zero-order valence-electron chi connectivity index (χ0n) is 14.2. The van der Waals surface area contributed by atoms with E-state index in [4.69, 9.17) is 37.0 Å². The van der Waals surface area contributed by atoms with E-state index in [0.717, 1.165) is 18.8 Å². The van der Waals surface area contributed by atoms with Gasteiger partial charge in [0.25, 0.3) is 0 Å². The highest BCUT2D eigenvalue weighted by molar-refractivity contribution is 6.35. The Hall–Kier alpha value is -2.25. The number of hydrogen-bond donors (Lipinski definition) is 2. The molecule has 1 aromatic carbocycles. The second kappa shape index (κ2) is 6.93. The van der Waals surface area contributed by atoms with Crippen molar-refractivity contribution in [2.24, 2.45) is 10.7 Å². The van der Waals surface area contributed by atoms with Crippen LogP contribution in [0.3, 0.4) is 0 Å². The Kier molecular flexibility index (Phi) is 4.87. The second-order valence-corrected chi connectivity index (χ2v) is 6.56. The van der Waals surface area contributed by atoms with Gasteiger partial charge in [-0.1, -0.05) is 17.7 Å². The van der Waals surface area contributed by atoms with E-state index >= 15 is 0 Å². The average molecular weight is 365 g/mol. The molecule has 3 N–H and O–H groups in total. The Morgan fingerprint density at radius 1 is 1.28 bits per heavy atom. The van der Waals surface area contributed by atoms with Crippen LogP contribution in [-0.2, 0) is 14.2 Å². The van der Waals surface area contributed by atoms with Gasteiger partial charge in [-0.25, -0.2) is 0 Å². The van der Waals surface area contributed by atoms with Crippen molar-refractivity contribution in [3.63, 3.8) is 0 Å².